The van der Waals surface area contributed by atoms with Crippen molar-refractivity contribution in [1.82, 2.24) is 0 Å². The number of hydrogen-bond acceptors (Lipinski definition) is 2. The van der Waals surface area contributed by atoms with Crippen molar-refractivity contribution >= 4 is 29.1 Å². The quantitative estimate of drug-likeness (QED) is 0.702. The molecule has 1 aliphatic rings. The van der Waals surface area contributed by atoms with E-state index in [0.717, 1.165) is 20.7 Å². The van der Waals surface area contributed by atoms with Gasteiger partial charge in [-0.2, -0.15) is 0 Å². The van der Waals surface area contributed by atoms with Crippen LogP contribution in [0.3, 0.4) is 0 Å². The number of aliphatic imine (C=N–C) groups is 1. The molecule has 1 aromatic rings. The van der Waals surface area contributed by atoms with Crippen molar-refractivity contribution in [2.45, 2.75) is 11.8 Å². The first-order valence-electron chi connectivity index (χ1n) is 4.44. The minimum absolute atomic E-state index is 0.743. The fraction of sp³-hybridized carbons (Fsp3) is 0.0833. The molecule has 0 radical (unpaired) electrons. The van der Waals surface area contributed by atoms with Crippen molar-refractivity contribution < 1.29 is 0 Å². The third-order valence-corrected chi connectivity index (χ3v) is 2.91. The lowest BCUT2D eigenvalue weighted by Gasteiger charge is -2.01. The average Bonchev–Trinajstić information content (AvgIpc) is 2.22. The zero-order chi connectivity index (χ0) is 10.7. The van der Waals surface area contributed by atoms with E-state index in [0.29, 0.717) is 0 Å². The van der Waals surface area contributed by atoms with Gasteiger partial charge in [-0.25, -0.2) is 4.99 Å². The third kappa shape index (κ3) is 2.89. The molecule has 0 fully saturated rings. The van der Waals surface area contributed by atoms with Crippen LogP contribution in [-0.2, 0) is 0 Å². The van der Waals surface area contributed by atoms with Crippen LogP contribution in [0.25, 0.3) is 0 Å². The molecule has 0 aromatic heterocycles. The minimum atomic E-state index is 0.743. The summed E-state index contributed by atoms with van der Waals surface area (Å²) in [4.78, 5) is 5.43. The van der Waals surface area contributed by atoms with Gasteiger partial charge >= 0.3 is 0 Å². The van der Waals surface area contributed by atoms with Crippen molar-refractivity contribution in [3.63, 3.8) is 0 Å². The first-order valence-corrected chi connectivity index (χ1v) is 5.64. The largest absolute Gasteiger partial charge is 0.237 e. The molecule has 1 aliphatic heterocycles. The molecule has 0 unspecified atom stereocenters. The smallest absolute Gasteiger partial charge is 0.151 e. The molecule has 1 heterocycles. The fourth-order valence-corrected chi connectivity index (χ4v) is 2.01. The normalized spacial score (nSPS) is 13.7. The van der Waals surface area contributed by atoms with Gasteiger partial charge < -0.3 is 0 Å². The molecule has 3 heteroatoms. The molecule has 2 rings (SSSR count). The summed E-state index contributed by atoms with van der Waals surface area (Å²) in [6.07, 6.45) is 1.81. The third-order valence-electron chi connectivity index (χ3n) is 1.77. The Balaban J connectivity index is 2.20. The monoisotopic (exact) mass is 233 g/mol. The van der Waals surface area contributed by atoms with E-state index in [1.165, 1.54) is 0 Å². The van der Waals surface area contributed by atoms with Crippen molar-refractivity contribution in [1.29, 1.82) is 0 Å². The summed E-state index contributed by atoms with van der Waals surface area (Å²) >= 11 is 7.35. The van der Waals surface area contributed by atoms with Gasteiger partial charge in [0.2, 0.25) is 0 Å². The first-order chi connectivity index (χ1) is 7.24. The lowest BCUT2D eigenvalue weighted by atomic mass is 10.4. The van der Waals surface area contributed by atoms with E-state index >= 15 is 0 Å². The van der Waals surface area contributed by atoms with Crippen molar-refractivity contribution in [2.75, 3.05) is 0 Å². The Morgan fingerprint density at radius 2 is 2.00 bits per heavy atom. The molecule has 15 heavy (non-hydrogen) atoms. The zero-order valence-corrected chi connectivity index (χ0v) is 9.69. The number of hydrogen-bond donors (Lipinski definition) is 0. The van der Waals surface area contributed by atoms with Crippen LogP contribution < -0.4 is 0 Å². The fourth-order valence-electron chi connectivity index (χ4n) is 1.09. The molecule has 0 atom stereocenters. The number of thioether (sulfide) groups is 1. The lowest BCUT2D eigenvalue weighted by molar-refractivity contribution is 1.44. The Labute approximate surface area is 97.9 Å². The topological polar surface area (TPSA) is 12.4 Å². The first kappa shape index (κ1) is 10.4. The maximum Gasteiger partial charge on any atom is 0.151 e. The van der Waals surface area contributed by atoms with E-state index in [-0.39, 0.29) is 0 Å². The molecule has 0 N–H and O–H groups in total. The van der Waals surface area contributed by atoms with E-state index in [2.05, 4.69) is 16.5 Å². The summed E-state index contributed by atoms with van der Waals surface area (Å²) in [5.74, 6) is 0. The maximum absolute atomic E-state index is 5.80. The highest BCUT2D eigenvalue weighted by molar-refractivity contribution is 8.03. The number of nitrogens with zero attached hydrogens (tertiary/aromatic N) is 1. The Kier molecular flexibility index (Phi) is 3.15. The van der Waals surface area contributed by atoms with Gasteiger partial charge in [0, 0.05) is 21.7 Å². The van der Waals surface area contributed by atoms with Gasteiger partial charge in [-0.3, -0.25) is 0 Å². The second-order valence-electron chi connectivity index (χ2n) is 3.03. The van der Waals surface area contributed by atoms with Gasteiger partial charge in [0.15, 0.2) is 5.03 Å². The Bertz CT molecular complexity index is 501. The van der Waals surface area contributed by atoms with Gasteiger partial charge in [0.25, 0.3) is 0 Å². The maximum atomic E-state index is 5.80. The van der Waals surface area contributed by atoms with Crippen molar-refractivity contribution in [2.24, 2.45) is 4.99 Å². The van der Waals surface area contributed by atoms with Gasteiger partial charge in [-0.05, 0) is 36.9 Å². The molecule has 1 nitrogen and oxygen atoms in total. The lowest BCUT2D eigenvalue weighted by Crippen LogP contribution is -1.86. The molecular formula is C12H8ClNS. The summed E-state index contributed by atoms with van der Waals surface area (Å²) in [6, 6.07) is 7.66. The van der Waals surface area contributed by atoms with Crippen LogP contribution in [0, 0.1) is 0 Å². The molecule has 0 spiro atoms. The van der Waals surface area contributed by atoms with E-state index < -0.39 is 0 Å². The van der Waals surface area contributed by atoms with Crippen LogP contribution in [0.15, 0.2) is 56.7 Å². The van der Waals surface area contributed by atoms with E-state index in [4.69, 9.17) is 11.6 Å². The Morgan fingerprint density at radius 1 is 1.27 bits per heavy atom. The van der Waals surface area contributed by atoms with E-state index in [9.17, 15) is 0 Å². The number of rotatable bonds is 2. The van der Waals surface area contributed by atoms with Crippen molar-refractivity contribution in [3.05, 3.63) is 51.9 Å². The Morgan fingerprint density at radius 3 is 2.67 bits per heavy atom. The van der Waals surface area contributed by atoms with Gasteiger partial charge in [0.1, 0.15) is 0 Å². The van der Waals surface area contributed by atoms with Crippen LogP contribution in [-0.4, -0.2) is 5.71 Å². The summed E-state index contributed by atoms with van der Waals surface area (Å²) in [5, 5.41) is 1.57. The number of benzene rings is 1. The van der Waals surface area contributed by atoms with Gasteiger partial charge in [0.05, 0.1) is 0 Å². The van der Waals surface area contributed by atoms with Crippen LogP contribution in [0.2, 0.25) is 5.02 Å². The summed E-state index contributed by atoms with van der Waals surface area (Å²) in [6.45, 7) is 1.94. The predicted octanol–water partition coefficient (Wildman–Crippen LogP) is 4.06. The highest BCUT2D eigenvalue weighted by atomic mass is 35.5. The number of allylic oxidation sites excluding steroid dienone is 1. The molecule has 0 bridgehead atoms. The van der Waals surface area contributed by atoms with E-state index in [1.54, 1.807) is 11.8 Å². The van der Waals surface area contributed by atoms with Gasteiger partial charge in [-0.15, -0.1) is 0 Å². The predicted molar refractivity (Wildman–Crippen MR) is 65.5 cm³/mol. The highest BCUT2D eigenvalue weighted by Crippen LogP contribution is 2.28. The van der Waals surface area contributed by atoms with Crippen molar-refractivity contribution in [3.8, 4) is 0 Å². The Hall–Kier alpha value is -1.17. The standard InChI is InChI=1S/C12H8ClNS/c1-9-3-2-4-12(14-9)15-11-7-5-10(13)6-8-11/h3,5-8H,1H3. The van der Waals surface area contributed by atoms with Crippen LogP contribution >= 0.6 is 23.4 Å². The molecule has 0 saturated carbocycles. The average molecular weight is 234 g/mol. The molecule has 0 aliphatic carbocycles. The molecule has 0 saturated heterocycles. The summed E-state index contributed by atoms with van der Waals surface area (Å²) in [5.41, 5.74) is 6.84. The molecular weight excluding hydrogens is 226 g/mol. The minimum Gasteiger partial charge on any atom is -0.237 e. The highest BCUT2D eigenvalue weighted by Gasteiger charge is 2.00. The van der Waals surface area contributed by atoms with Crippen LogP contribution in [0.4, 0.5) is 0 Å². The number of halogens is 1. The second-order valence-corrected chi connectivity index (χ2v) is 4.53. The van der Waals surface area contributed by atoms with Crippen LogP contribution in [0.1, 0.15) is 6.92 Å². The summed E-state index contributed by atoms with van der Waals surface area (Å²) < 4.78 is 0. The summed E-state index contributed by atoms with van der Waals surface area (Å²) in [7, 11) is 0. The van der Waals surface area contributed by atoms with Gasteiger partial charge in [-0.1, -0.05) is 29.1 Å². The van der Waals surface area contributed by atoms with Crippen LogP contribution in [0.5, 0.6) is 0 Å². The molecule has 74 valence electrons. The zero-order valence-electron chi connectivity index (χ0n) is 8.12. The SMILES string of the molecule is CC1=NC(Sc2ccc(Cl)cc2)=C=C=C1. The molecule has 1 aromatic carbocycles. The molecule has 0 amide bonds. The van der Waals surface area contributed by atoms with E-state index in [1.807, 2.05) is 37.3 Å². The second kappa shape index (κ2) is 4.57.